The van der Waals surface area contributed by atoms with Crippen LogP contribution in [0.3, 0.4) is 0 Å². The molecule has 0 amide bonds. The maximum Gasteiger partial charge on any atom is 0.335 e. The summed E-state index contributed by atoms with van der Waals surface area (Å²) in [6.45, 7) is 0. The second-order valence-electron chi connectivity index (χ2n) is 7.14. The second-order valence-corrected chi connectivity index (χ2v) is 7.14. The first-order valence-electron chi connectivity index (χ1n) is 9.36. The zero-order chi connectivity index (χ0) is 23.2. The van der Waals surface area contributed by atoms with E-state index < -0.39 is 59.4 Å². The van der Waals surface area contributed by atoms with Crippen LogP contribution in [0.5, 0.6) is 17.2 Å². The minimum Gasteiger partial charge on any atom is -0.504 e. The summed E-state index contributed by atoms with van der Waals surface area (Å²) in [5.41, 5.74) is -0.437. The number of carboxylic acid groups (broad SMARTS) is 1. The van der Waals surface area contributed by atoms with Crippen molar-refractivity contribution in [2.45, 2.75) is 30.7 Å². The van der Waals surface area contributed by atoms with Gasteiger partial charge in [0.05, 0.1) is 5.39 Å². The molecule has 0 bridgehead atoms. The van der Waals surface area contributed by atoms with Crippen LogP contribution in [-0.4, -0.2) is 67.3 Å². The Hall–Kier alpha value is -3.64. The van der Waals surface area contributed by atoms with Crippen LogP contribution < -0.4 is 10.2 Å². The Kier molecular flexibility index (Phi) is 5.48. The number of ether oxygens (including phenoxy) is 2. The smallest absolute Gasteiger partial charge is 0.335 e. The standard InChI is InChI=1S/C21H18O11/c22-10-6-5-8(7-11(10)23)17-18(13(24)9-3-1-2-4-12(9)30-17)31-21-16(27)14(25)15(26)19(32-21)20(28)29/h1-7,14-16,19,21-23,25-27H,(H,28,29)/t14-,15-,16+,19-,21?/m0/s1. The summed E-state index contributed by atoms with van der Waals surface area (Å²) in [5, 5.41) is 58.9. The van der Waals surface area contributed by atoms with E-state index in [1.165, 1.54) is 18.2 Å². The fraction of sp³-hybridized carbons (Fsp3) is 0.238. The molecule has 0 spiro atoms. The number of rotatable bonds is 4. The van der Waals surface area contributed by atoms with Crippen molar-refractivity contribution >= 4 is 16.9 Å². The predicted octanol–water partition coefficient (Wildman–Crippen LogP) is 0.142. The largest absolute Gasteiger partial charge is 0.504 e. The molecule has 2 aromatic carbocycles. The highest BCUT2D eigenvalue weighted by atomic mass is 16.7. The van der Waals surface area contributed by atoms with E-state index >= 15 is 0 Å². The fourth-order valence-corrected chi connectivity index (χ4v) is 3.35. The minimum absolute atomic E-state index is 0.0925. The third-order valence-electron chi connectivity index (χ3n) is 5.04. The lowest BCUT2D eigenvalue weighted by Gasteiger charge is -2.38. The van der Waals surface area contributed by atoms with Crippen LogP contribution in [0.25, 0.3) is 22.3 Å². The van der Waals surface area contributed by atoms with E-state index in [4.69, 9.17) is 13.9 Å². The Balaban J connectivity index is 1.85. The van der Waals surface area contributed by atoms with Crippen molar-refractivity contribution in [3.8, 4) is 28.6 Å². The first-order valence-corrected chi connectivity index (χ1v) is 9.36. The van der Waals surface area contributed by atoms with Gasteiger partial charge in [-0.25, -0.2) is 4.79 Å². The molecule has 6 N–H and O–H groups in total. The molecule has 0 saturated carbocycles. The summed E-state index contributed by atoms with van der Waals surface area (Å²) in [5.74, 6) is -3.28. The van der Waals surface area contributed by atoms with Crippen molar-refractivity contribution in [3.63, 3.8) is 0 Å². The molecule has 0 radical (unpaired) electrons. The first-order chi connectivity index (χ1) is 15.2. The minimum atomic E-state index is -1.94. The van der Waals surface area contributed by atoms with E-state index in [1.54, 1.807) is 12.1 Å². The van der Waals surface area contributed by atoms with Crippen LogP contribution in [0.15, 0.2) is 51.7 Å². The zero-order valence-corrected chi connectivity index (χ0v) is 16.2. The molecular weight excluding hydrogens is 428 g/mol. The average molecular weight is 446 g/mol. The molecule has 1 aromatic heterocycles. The van der Waals surface area contributed by atoms with Crippen molar-refractivity contribution in [3.05, 3.63) is 52.7 Å². The molecule has 1 unspecified atom stereocenters. The van der Waals surface area contributed by atoms with Gasteiger partial charge in [0.2, 0.25) is 17.5 Å². The molecule has 3 aromatic rings. The SMILES string of the molecule is O=C(O)[C@H]1OC(Oc2c(-c3ccc(O)c(O)c3)oc3ccccc3c2=O)[C@H](O)[C@@H](O)[C@@H]1O. The molecule has 4 rings (SSSR count). The van der Waals surface area contributed by atoms with Crippen LogP contribution in [0.1, 0.15) is 0 Å². The van der Waals surface area contributed by atoms with Gasteiger partial charge in [0.1, 0.15) is 23.9 Å². The number of fused-ring (bicyclic) bond motifs is 1. The van der Waals surface area contributed by atoms with E-state index in [9.17, 15) is 40.2 Å². The Morgan fingerprint density at radius 3 is 2.34 bits per heavy atom. The van der Waals surface area contributed by atoms with Crippen LogP contribution in [-0.2, 0) is 9.53 Å². The van der Waals surface area contributed by atoms with Crippen molar-refractivity contribution in [1.82, 2.24) is 0 Å². The number of carbonyl (C=O) groups is 1. The Morgan fingerprint density at radius 1 is 0.938 bits per heavy atom. The lowest BCUT2D eigenvalue weighted by atomic mass is 9.99. The summed E-state index contributed by atoms with van der Waals surface area (Å²) in [6.07, 6.45) is -9.59. The normalized spacial score (nSPS) is 25.5. The topological polar surface area (TPSA) is 187 Å². The van der Waals surface area contributed by atoms with Gasteiger partial charge < -0.3 is 44.5 Å². The molecule has 5 atom stereocenters. The highest BCUT2D eigenvalue weighted by Gasteiger charge is 2.48. The Bertz CT molecular complexity index is 1230. The highest BCUT2D eigenvalue weighted by Crippen LogP contribution is 2.37. The van der Waals surface area contributed by atoms with Crippen LogP contribution >= 0.6 is 0 Å². The van der Waals surface area contributed by atoms with Crippen molar-refractivity contribution < 1.29 is 49.3 Å². The molecule has 168 valence electrons. The zero-order valence-electron chi connectivity index (χ0n) is 16.2. The molecule has 11 heteroatoms. The quantitative estimate of drug-likeness (QED) is 0.299. The van der Waals surface area contributed by atoms with Crippen LogP contribution in [0.2, 0.25) is 0 Å². The van der Waals surface area contributed by atoms with Gasteiger partial charge in [-0.15, -0.1) is 0 Å². The number of hydrogen-bond acceptors (Lipinski definition) is 10. The third-order valence-corrected chi connectivity index (χ3v) is 5.04. The second kappa shape index (κ2) is 8.13. The fourth-order valence-electron chi connectivity index (χ4n) is 3.35. The Morgan fingerprint density at radius 2 is 1.66 bits per heavy atom. The predicted molar refractivity (Wildman–Crippen MR) is 106 cm³/mol. The summed E-state index contributed by atoms with van der Waals surface area (Å²) < 4.78 is 16.4. The monoisotopic (exact) mass is 446 g/mol. The number of carboxylic acids is 1. The van der Waals surface area contributed by atoms with Crippen molar-refractivity contribution in [1.29, 1.82) is 0 Å². The van der Waals surface area contributed by atoms with Gasteiger partial charge in [-0.2, -0.15) is 0 Å². The van der Waals surface area contributed by atoms with Gasteiger partial charge in [0, 0.05) is 5.56 Å². The number of hydrogen-bond donors (Lipinski definition) is 6. The maximum atomic E-state index is 13.2. The highest BCUT2D eigenvalue weighted by molar-refractivity contribution is 5.82. The lowest BCUT2D eigenvalue weighted by Crippen LogP contribution is -2.61. The number of aliphatic hydroxyl groups is 3. The maximum absolute atomic E-state index is 13.2. The summed E-state index contributed by atoms with van der Waals surface area (Å²) >= 11 is 0. The molecule has 32 heavy (non-hydrogen) atoms. The van der Waals surface area contributed by atoms with Gasteiger partial charge in [0.15, 0.2) is 23.4 Å². The molecule has 1 saturated heterocycles. The van der Waals surface area contributed by atoms with Gasteiger partial charge in [0.25, 0.3) is 0 Å². The van der Waals surface area contributed by atoms with Crippen LogP contribution in [0, 0.1) is 0 Å². The summed E-state index contributed by atoms with van der Waals surface area (Å²) in [4.78, 5) is 24.5. The molecule has 1 aliphatic heterocycles. The van der Waals surface area contributed by atoms with E-state index in [-0.39, 0.29) is 22.3 Å². The van der Waals surface area contributed by atoms with Gasteiger partial charge in [-0.05, 0) is 30.3 Å². The first kappa shape index (κ1) is 21.6. The molecule has 1 aliphatic rings. The van der Waals surface area contributed by atoms with Gasteiger partial charge >= 0.3 is 5.97 Å². The van der Waals surface area contributed by atoms with E-state index in [1.807, 2.05) is 0 Å². The Labute approximate surface area is 178 Å². The number of para-hydroxylation sites is 1. The van der Waals surface area contributed by atoms with Gasteiger partial charge in [-0.3, -0.25) is 4.79 Å². The van der Waals surface area contributed by atoms with E-state index in [2.05, 4.69) is 0 Å². The number of aliphatic hydroxyl groups excluding tert-OH is 3. The van der Waals surface area contributed by atoms with Crippen LogP contribution in [0.4, 0.5) is 0 Å². The number of phenolic OH excluding ortho intramolecular Hbond substituents is 2. The number of benzene rings is 2. The third kappa shape index (κ3) is 3.63. The summed E-state index contributed by atoms with van der Waals surface area (Å²) in [6, 6.07) is 9.72. The lowest BCUT2D eigenvalue weighted by molar-refractivity contribution is -0.271. The molecule has 1 fully saturated rings. The molecule has 11 nitrogen and oxygen atoms in total. The van der Waals surface area contributed by atoms with Crippen molar-refractivity contribution in [2.75, 3.05) is 0 Å². The molecular formula is C21H18O11. The van der Waals surface area contributed by atoms with Gasteiger partial charge in [-0.1, -0.05) is 12.1 Å². The average Bonchev–Trinajstić information content (AvgIpc) is 2.77. The van der Waals surface area contributed by atoms with E-state index in [0.29, 0.717) is 0 Å². The van der Waals surface area contributed by atoms with Crippen molar-refractivity contribution in [2.24, 2.45) is 0 Å². The number of phenols is 2. The van der Waals surface area contributed by atoms with E-state index in [0.717, 1.165) is 12.1 Å². The number of aliphatic carboxylic acids is 1. The summed E-state index contributed by atoms with van der Waals surface area (Å²) in [7, 11) is 0. The molecule has 2 heterocycles. The number of aromatic hydroxyl groups is 2. The molecule has 0 aliphatic carbocycles.